The van der Waals surface area contributed by atoms with Crippen LogP contribution in [-0.2, 0) is 0 Å². The summed E-state index contributed by atoms with van der Waals surface area (Å²) in [6.07, 6.45) is 4.90. The van der Waals surface area contributed by atoms with Crippen molar-refractivity contribution in [2.45, 2.75) is 0 Å². The van der Waals surface area contributed by atoms with Gasteiger partial charge in [0.05, 0.1) is 11.1 Å². The SMILES string of the molecule is O=[N+]([O-])c1ccc(-c2nc3cnccn3n2)cc1. The Morgan fingerprint density at radius 2 is 2.00 bits per heavy atom. The molecule has 0 unspecified atom stereocenters. The Labute approximate surface area is 101 Å². The van der Waals surface area contributed by atoms with Gasteiger partial charge in [-0.15, -0.1) is 5.10 Å². The monoisotopic (exact) mass is 241 g/mol. The number of nitrogens with zero attached hydrogens (tertiary/aromatic N) is 5. The van der Waals surface area contributed by atoms with E-state index in [0.29, 0.717) is 11.5 Å². The lowest BCUT2D eigenvalue weighted by molar-refractivity contribution is -0.384. The molecule has 0 bridgehead atoms. The molecule has 18 heavy (non-hydrogen) atoms. The standard InChI is InChI=1S/C11H7N5O2/c17-16(18)9-3-1-8(2-4-9)11-13-10-7-12-5-6-15(10)14-11/h1-7H. The fourth-order valence-electron chi connectivity index (χ4n) is 1.60. The summed E-state index contributed by atoms with van der Waals surface area (Å²) in [6, 6.07) is 6.11. The normalized spacial score (nSPS) is 10.7. The molecule has 0 saturated heterocycles. The van der Waals surface area contributed by atoms with Gasteiger partial charge in [0, 0.05) is 30.1 Å². The van der Waals surface area contributed by atoms with E-state index in [0.717, 1.165) is 5.56 Å². The van der Waals surface area contributed by atoms with Crippen LogP contribution in [0.4, 0.5) is 5.69 Å². The molecule has 88 valence electrons. The van der Waals surface area contributed by atoms with E-state index in [2.05, 4.69) is 15.1 Å². The van der Waals surface area contributed by atoms with Crippen molar-refractivity contribution in [3.8, 4) is 11.4 Å². The molecule has 0 saturated carbocycles. The summed E-state index contributed by atoms with van der Waals surface area (Å²) in [6.45, 7) is 0. The number of benzene rings is 1. The van der Waals surface area contributed by atoms with E-state index in [9.17, 15) is 10.1 Å². The maximum absolute atomic E-state index is 10.6. The maximum atomic E-state index is 10.6. The summed E-state index contributed by atoms with van der Waals surface area (Å²) in [7, 11) is 0. The first-order valence-corrected chi connectivity index (χ1v) is 5.15. The quantitative estimate of drug-likeness (QED) is 0.503. The smallest absolute Gasteiger partial charge is 0.259 e. The van der Waals surface area contributed by atoms with Crippen LogP contribution in [0.5, 0.6) is 0 Å². The second-order valence-corrected chi connectivity index (χ2v) is 3.62. The van der Waals surface area contributed by atoms with E-state index in [-0.39, 0.29) is 5.69 Å². The Kier molecular flexibility index (Phi) is 2.23. The number of hydrogen-bond acceptors (Lipinski definition) is 5. The Balaban J connectivity index is 2.06. The van der Waals surface area contributed by atoms with Crippen molar-refractivity contribution in [1.29, 1.82) is 0 Å². The summed E-state index contributed by atoms with van der Waals surface area (Å²) in [4.78, 5) is 18.3. The molecule has 0 aliphatic rings. The van der Waals surface area contributed by atoms with Crippen LogP contribution < -0.4 is 0 Å². The molecule has 0 fully saturated rings. The molecule has 7 heteroatoms. The molecule has 3 aromatic rings. The first-order valence-electron chi connectivity index (χ1n) is 5.15. The maximum Gasteiger partial charge on any atom is 0.269 e. The minimum Gasteiger partial charge on any atom is -0.259 e. The topological polar surface area (TPSA) is 86.2 Å². The van der Waals surface area contributed by atoms with Crippen LogP contribution in [0, 0.1) is 10.1 Å². The molecule has 0 aliphatic carbocycles. The first kappa shape index (κ1) is 10.3. The van der Waals surface area contributed by atoms with Crippen LogP contribution in [0.2, 0.25) is 0 Å². The number of aromatic nitrogens is 4. The zero-order valence-electron chi connectivity index (χ0n) is 9.09. The summed E-state index contributed by atoms with van der Waals surface area (Å²) < 4.78 is 1.60. The molecule has 0 amide bonds. The third-order valence-electron chi connectivity index (χ3n) is 2.48. The van der Waals surface area contributed by atoms with Gasteiger partial charge in [-0.25, -0.2) is 9.50 Å². The minimum absolute atomic E-state index is 0.0455. The Morgan fingerprint density at radius 1 is 1.22 bits per heavy atom. The van der Waals surface area contributed by atoms with Gasteiger partial charge in [0.1, 0.15) is 0 Å². The molecule has 0 atom stereocenters. The lowest BCUT2D eigenvalue weighted by Crippen LogP contribution is -1.88. The molecule has 1 aromatic carbocycles. The largest absolute Gasteiger partial charge is 0.269 e. The average molecular weight is 241 g/mol. The van der Waals surface area contributed by atoms with E-state index >= 15 is 0 Å². The number of nitro groups is 1. The summed E-state index contributed by atoms with van der Waals surface area (Å²) >= 11 is 0. The van der Waals surface area contributed by atoms with E-state index in [1.54, 1.807) is 35.2 Å². The number of hydrogen-bond donors (Lipinski definition) is 0. The zero-order valence-corrected chi connectivity index (χ0v) is 9.09. The summed E-state index contributed by atoms with van der Waals surface area (Å²) in [5.41, 5.74) is 1.40. The van der Waals surface area contributed by atoms with Gasteiger partial charge < -0.3 is 0 Å². The van der Waals surface area contributed by atoms with Crippen molar-refractivity contribution >= 4 is 11.3 Å². The van der Waals surface area contributed by atoms with Crippen molar-refractivity contribution in [3.63, 3.8) is 0 Å². The molecule has 2 aromatic heterocycles. The van der Waals surface area contributed by atoms with Gasteiger partial charge in [-0.2, -0.15) is 0 Å². The molecular weight excluding hydrogens is 234 g/mol. The molecule has 0 N–H and O–H groups in total. The highest BCUT2D eigenvalue weighted by Crippen LogP contribution is 2.19. The van der Waals surface area contributed by atoms with Crippen molar-refractivity contribution in [2.75, 3.05) is 0 Å². The Morgan fingerprint density at radius 3 is 2.67 bits per heavy atom. The fraction of sp³-hybridized carbons (Fsp3) is 0. The molecule has 3 rings (SSSR count). The van der Waals surface area contributed by atoms with Gasteiger partial charge >= 0.3 is 0 Å². The van der Waals surface area contributed by atoms with Crippen LogP contribution in [0.15, 0.2) is 42.9 Å². The second-order valence-electron chi connectivity index (χ2n) is 3.62. The lowest BCUT2D eigenvalue weighted by atomic mass is 10.2. The van der Waals surface area contributed by atoms with Crippen LogP contribution in [0.25, 0.3) is 17.0 Å². The lowest BCUT2D eigenvalue weighted by Gasteiger charge is -1.94. The highest BCUT2D eigenvalue weighted by Gasteiger charge is 2.09. The van der Waals surface area contributed by atoms with E-state index < -0.39 is 4.92 Å². The molecule has 0 spiro atoms. The second kappa shape index (κ2) is 3.88. The molecule has 0 radical (unpaired) electrons. The van der Waals surface area contributed by atoms with Crippen molar-refractivity contribution < 1.29 is 4.92 Å². The van der Waals surface area contributed by atoms with Gasteiger partial charge in [0.2, 0.25) is 0 Å². The van der Waals surface area contributed by atoms with Crippen molar-refractivity contribution in [2.24, 2.45) is 0 Å². The van der Waals surface area contributed by atoms with Gasteiger partial charge in [-0.3, -0.25) is 15.1 Å². The molecule has 7 nitrogen and oxygen atoms in total. The Bertz CT molecular complexity index is 687. The van der Waals surface area contributed by atoms with E-state index in [1.807, 2.05) is 0 Å². The Hall–Kier alpha value is -2.83. The van der Waals surface area contributed by atoms with E-state index in [4.69, 9.17) is 0 Å². The van der Waals surface area contributed by atoms with Crippen molar-refractivity contribution in [1.82, 2.24) is 19.6 Å². The van der Waals surface area contributed by atoms with Gasteiger partial charge in [-0.1, -0.05) is 0 Å². The number of fused-ring (bicyclic) bond motifs is 1. The summed E-state index contributed by atoms with van der Waals surface area (Å²) in [5, 5.41) is 14.8. The number of rotatable bonds is 2. The fourth-order valence-corrected chi connectivity index (χ4v) is 1.60. The van der Waals surface area contributed by atoms with Crippen molar-refractivity contribution in [3.05, 3.63) is 53.0 Å². The van der Waals surface area contributed by atoms with Crippen LogP contribution in [0.1, 0.15) is 0 Å². The zero-order chi connectivity index (χ0) is 12.5. The van der Waals surface area contributed by atoms with Gasteiger partial charge in [0.15, 0.2) is 11.5 Å². The summed E-state index contributed by atoms with van der Waals surface area (Å²) in [5.74, 6) is 0.512. The first-order chi connectivity index (χ1) is 8.74. The predicted molar refractivity (Wildman–Crippen MR) is 62.9 cm³/mol. The molecule has 0 aliphatic heterocycles. The van der Waals surface area contributed by atoms with Crippen LogP contribution in [0.3, 0.4) is 0 Å². The van der Waals surface area contributed by atoms with Gasteiger partial charge in [0.25, 0.3) is 5.69 Å². The molecular formula is C11H7N5O2. The number of non-ortho nitro benzene ring substituents is 1. The third kappa shape index (κ3) is 1.67. The average Bonchev–Trinajstić information content (AvgIpc) is 2.82. The van der Waals surface area contributed by atoms with E-state index in [1.165, 1.54) is 12.1 Å². The number of nitro benzene ring substituents is 1. The highest BCUT2D eigenvalue weighted by molar-refractivity contribution is 5.59. The minimum atomic E-state index is -0.440. The third-order valence-corrected chi connectivity index (χ3v) is 2.48. The molecule has 2 heterocycles. The van der Waals surface area contributed by atoms with Crippen LogP contribution >= 0.6 is 0 Å². The predicted octanol–water partition coefficient (Wildman–Crippen LogP) is 1.70. The van der Waals surface area contributed by atoms with Crippen LogP contribution in [-0.4, -0.2) is 24.5 Å². The highest BCUT2D eigenvalue weighted by atomic mass is 16.6. The van der Waals surface area contributed by atoms with Gasteiger partial charge in [-0.05, 0) is 12.1 Å².